The summed E-state index contributed by atoms with van der Waals surface area (Å²) in [5.41, 5.74) is 2.08. The van der Waals surface area contributed by atoms with Gasteiger partial charge in [0, 0.05) is 0 Å². The fraction of sp³-hybridized carbons (Fsp3) is 0.500. The highest BCUT2D eigenvalue weighted by Gasteiger charge is 2.50. The Kier molecular flexibility index (Phi) is 3.08. The Labute approximate surface area is 102 Å². The first-order valence-corrected chi connectivity index (χ1v) is 5.90. The second-order valence-corrected chi connectivity index (χ2v) is 4.72. The largest absolute Gasteiger partial charge is 0.496 e. The maximum absolute atomic E-state index is 9.27. The van der Waals surface area contributed by atoms with Crippen molar-refractivity contribution >= 4 is 0 Å². The Morgan fingerprint density at radius 1 is 1.47 bits per heavy atom. The van der Waals surface area contributed by atoms with E-state index in [0.717, 1.165) is 24.2 Å². The van der Waals surface area contributed by atoms with E-state index in [9.17, 15) is 5.26 Å². The summed E-state index contributed by atoms with van der Waals surface area (Å²) in [5, 5.41) is 12.5. The molecule has 1 aromatic rings. The van der Waals surface area contributed by atoms with Crippen LogP contribution in [0, 0.1) is 23.7 Å². The fourth-order valence-corrected chi connectivity index (χ4v) is 2.44. The van der Waals surface area contributed by atoms with E-state index in [-0.39, 0.29) is 11.5 Å². The van der Waals surface area contributed by atoms with Crippen LogP contribution < -0.4 is 10.1 Å². The first-order valence-electron chi connectivity index (χ1n) is 5.90. The van der Waals surface area contributed by atoms with E-state index >= 15 is 0 Å². The fourth-order valence-electron chi connectivity index (χ4n) is 2.44. The van der Waals surface area contributed by atoms with Gasteiger partial charge in [-0.3, -0.25) is 0 Å². The normalized spacial score (nSPS) is 18.2. The number of nitrogens with one attached hydrogen (secondary N) is 1. The van der Waals surface area contributed by atoms with E-state index in [0.29, 0.717) is 0 Å². The average molecular weight is 230 g/mol. The van der Waals surface area contributed by atoms with Crippen molar-refractivity contribution in [1.82, 2.24) is 5.32 Å². The summed E-state index contributed by atoms with van der Waals surface area (Å²) in [5.74, 6) is 0.894. The van der Waals surface area contributed by atoms with Gasteiger partial charge in [0.2, 0.25) is 0 Å². The van der Waals surface area contributed by atoms with Gasteiger partial charge in [-0.25, -0.2) is 0 Å². The third kappa shape index (κ3) is 2.01. The zero-order valence-electron chi connectivity index (χ0n) is 10.6. The molecule has 3 nitrogen and oxygen atoms in total. The van der Waals surface area contributed by atoms with Gasteiger partial charge in [0.25, 0.3) is 0 Å². The van der Waals surface area contributed by atoms with Crippen LogP contribution in [0.3, 0.4) is 0 Å². The number of nitriles is 1. The van der Waals surface area contributed by atoms with Gasteiger partial charge in [-0.05, 0) is 44.0 Å². The molecule has 0 aromatic heterocycles. The first kappa shape index (κ1) is 11.9. The minimum Gasteiger partial charge on any atom is -0.496 e. The zero-order valence-corrected chi connectivity index (χ0v) is 10.6. The van der Waals surface area contributed by atoms with E-state index in [1.54, 1.807) is 7.11 Å². The van der Waals surface area contributed by atoms with Crippen LogP contribution in [0.5, 0.6) is 5.75 Å². The van der Waals surface area contributed by atoms with Crippen molar-refractivity contribution < 1.29 is 4.74 Å². The summed E-state index contributed by atoms with van der Waals surface area (Å²) in [7, 11) is 3.59. The number of benzene rings is 1. The molecule has 1 aliphatic rings. The molecule has 2 rings (SSSR count). The molecule has 0 bridgehead atoms. The number of hydrogen-bond acceptors (Lipinski definition) is 3. The van der Waals surface area contributed by atoms with Crippen LogP contribution in [0.2, 0.25) is 0 Å². The third-order valence-corrected chi connectivity index (χ3v) is 3.60. The molecule has 0 amide bonds. The topological polar surface area (TPSA) is 45.0 Å². The minimum atomic E-state index is -0.199. The third-order valence-electron chi connectivity index (χ3n) is 3.60. The van der Waals surface area contributed by atoms with Gasteiger partial charge in [0.15, 0.2) is 0 Å². The molecule has 1 saturated carbocycles. The van der Waals surface area contributed by atoms with Crippen LogP contribution in [0.1, 0.15) is 30.0 Å². The molecule has 1 fully saturated rings. The molecule has 0 aliphatic heterocycles. The van der Waals surface area contributed by atoms with E-state index < -0.39 is 0 Å². The lowest BCUT2D eigenvalue weighted by Crippen LogP contribution is -2.25. The Bertz CT molecular complexity index is 458. The number of nitrogens with zero attached hydrogens (tertiary/aromatic N) is 1. The molecule has 1 unspecified atom stereocenters. The molecule has 17 heavy (non-hydrogen) atoms. The monoisotopic (exact) mass is 230 g/mol. The molecule has 1 aromatic carbocycles. The molecule has 0 saturated heterocycles. The summed E-state index contributed by atoms with van der Waals surface area (Å²) in [4.78, 5) is 0. The van der Waals surface area contributed by atoms with E-state index in [1.165, 1.54) is 5.56 Å². The molecule has 0 heterocycles. The maximum Gasteiger partial charge on any atom is 0.121 e. The predicted molar refractivity (Wildman–Crippen MR) is 66.8 cm³/mol. The highest BCUT2D eigenvalue weighted by atomic mass is 16.5. The number of aryl methyl sites for hydroxylation is 1. The number of hydrogen-bond donors (Lipinski definition) is 1. The summed E-state index contributed by atoms with van der Waals surface area (Å²) < 4.78 is 5.26. The molecular formula is C14H18N2O. The van der Waals surface area contributed by atoms with Crippen LogP contribution in [-0.4, -0.2) is 14.2 Å². The van der Waals surface area contributed by atoms with Crippen molar-refractivity contribution in [2.24, 2.45) is 5.41 Å². The predicted octanol–water partition coefficient (Wildman–Crippen LogP) is 2.57. The van der Waals surface area contributed by atoms with Crippen molar-refractivity contribution in [2.75, 3.05) is 14.2 Å². The van der Waals surface area contributed by atoms with E-state index in [4.69, 9.17) is 4.74 Å². The Hall–Kier alpha value is -1.53. The smallest absolute Gasteiger partial charge is 0.121 e. The lowest BCUT2D eigenvalue weighted by atomic mass is 9.90. The molecule has 3 heteroatoms. The van der Waals surface area contributed by atoms with Gasteiger partial charge in [-0.15, -0.1) is 0 Å². The summed E-state index contributed by atoms with van der Waals surface area (Å²) >= 11 is 0. The number of methoxy groups -OCH3 is 1. The lowest BCUT2D eigenvalue weighted by Gasteiger charge is -2.22. The van der Waals surface area contributed by atoms with Crippen LogP contribution in [-0.2, 0) is 0 Å². The van der Waals surface area contributed by atoms with Gasteiger partial charge < -0.3 is 10.1 Å². The second-order valence-electron chi connectivity index (χ2n) is 4.72. The molecule has 1 aliphatic carbocycles. The zero-order chi connectivity index (χ0) is 12.5. The van der Waals surface area contributed by atoms with Crippen molar-refractivity contribution in [3.05, 3.63) is 29.3 Å². The maximum atomic E-state index is 9.27. The lowest BCUT2D eigenvalue weighted by molar-refractivity contribution is 0.409. The van der Waals surface area contributed by atoms with E-state index in [1.807, 2.05) is 26.1 Å². The molecule has 0 spiro atoms. The molecule has 90 valence electrons. The van der Waals surface area contributed by atoms with Crippen LogP contribution in [0.25, 0.3) is 0 Å². The number of ether oxygens (including phenoxy) is 1. The highest BCUT2D eigenvalue weighted by Crippen LogP contribution is 2.54. The molecule has 0 radical (unpaired) electrons. The number of rotatable bonds is 4. The van der Waals surface area contributed by atoms with Gasteiger partial charge >= 0.3 is 0 Å². The van der Waals surface area contributed by atoms with Crippen molar-refractivity contribution in [2.45, 2.75) is 25.8 Å². The standard InChI is InChI=1S/C14H18N2O/c1-10-8-11(4-5-12(10)17-3)13(16-2)14(9-15)6-7-14/h4-5,8,13,16H,6-7H2,1-3H3. The van der Waals surface area contributed by atoms with Crippen LogP contribution >= 0.6 is 0 Å². The molecule has 1 atom stereocenters. The van der Waals surface area contributed by atoms with E-state index in [2.05, 4.69) is 17.5 Å². The quantitative estimate of drug-likeness (QED) is 0.864. The molecule has 1 N–H and O–H groups in total. The Morgan fingerprint density at radius 3 is 2.59 bits per heavy atom. The Morgan fingerprint density at radius 2 is 2.18 bits per heavy atom. The highest BCUT2D eigenvalue weighted by molar-refractivity contribution is 5.39. The van der Waals surface area contributed by atoms with Crippen molar-refractivity contribution in [3.8, 4) is 11.8 Å². The Balaban J connectivity index is 2.33. The van der Waals surface area contributed by atoms with Crippen molar-refractivity contribution in [1.29, 1.82) is 5.26 Å². The SMILES string of the molecule is CNC(c1ccc(OC)c(C)c1)C1(C#N)CC1. The van der Waals surface area contributed by atoms with Gasteiger partial charge in [0.05, 0.1) is 24.6 Å². The van der Waals surface area contributed by atoms with Gasteiger partial charge in [0.1, 0.15) is 5.75 Å². The molecular weight excluding hydrogens is 212 g/mol. The summed E-state index contributed by atoms with van der Waals surface area (Å²) in [6.45, 7) is 2.03. The summed E-state index contributed by atoms with van der Waals surface area (Å²) in [6, 6.07) is 8.71. The van der Waals surface area contributed by atoms with Gasteiger partial charge in [-0.1, -0.05) is 12.1 Å². The average Bonchev–Trinajstić information content (AvgIpc) is 3.11. The second kappa shape index (κ2) is 4.38. The summed E-state index contributed by atoms with van der Waals surface area (Å²) in [6.07, 6.45) is 1.97. The first-order chi connectivity index (χ1) is 8.16. The van der Waals surface area contributed by atoms with Gasteiger partial charge in [-0.2, -0.15) is 5.26 Å². The van der Waals surface area contributed by atoms with Crippen molar-refractivity contribution in [3.63, 3.8) is 0 Å². The minimum absolute atomic E-state index is 0.122. The van der Waals surface area contributed by atoms with Crippen LogP contribution in [0.15, 0.2) is 18.2 Å². The van der Waals surface area contributed by atoms with Crippen LogP contribution in [0.4, 0.5) is 0 Å².